The van der Waals surface area contributed by atoms with Crippen molar-refractivity contribution in [3.8, 4) is 0 Å². The Morgan fingerprint density at radius 2 is 1.85 bits per heavy atom. The quantitative estimate of drug-likeness (QED) is 0.782. The number of nitrogens with zero attached hydrogens (tertiary/aromatic N) is 1. The average molecular weight is 281 g/mol. The average Bonchev–Trinajstić information content (AvgIpc) is 2.42. The maximum atomic E-state index is 12.0. The van der Waals surface area contributed by atoms with Crippen LogP contribution in [-0.4, -0.2) is 48.0 Å². The molecule has 1 rings (SSSR count). The van der Waals surface area contributed by atoms with Crippen molar-refractivity contribution in [1.29, 1.82) is 0 Å². The molecule has 0 aromatic heterocycles. The second kappa shape index (κ2) is 7.62. The zero-order chi connectivity index (χ0) is 15.1. The predicted molar refractivity (Wildman–Crippen MR) is 73.9 cm³/mol. The van der Waals surface area contributed by atoms with Gasteiger partial charge in [-0.15, -0.1) is 0 Å². The largest absolute Gasteiger partial charge is 0.478 e. The predicted octanol–water partition coefficient (Wildman–Crippen LogP) is 1.14. The van der Waals surface area contributed by atoms with Crippen molar-refractivity contribution in [2.24, 2.45) is 0 Å². The molecular formula is C14H19NO5. The standard InChI is InChI=1S/C14H19NO5/c1-10(2)20-9-13(17)15(7-8-16)12-5-3-11(4-6-12)14(18)19/h3-6,10,16H,7-9H2,1-2H3,(H,18,19). The summed E-state index contributed by atoms with van der Waals surface area (Å²) in [5, 5.41) is 17.9. The number of hydrogen-bond acceptors (Lipinski definition) is 4. The van der Waals surface area contributed by atoms with Crippen molar-refractivity contribution in [2.45, 2.75) is 20.0 Å². The van der Waals surface area contributed by atoms with Crippen LogP contribution >= 0.6 is 0 Å². The Morgan fingerprint density at radius 3 is 2.30 bits per heavy atom. The molecule has 20 heavy (non-hydrogen) atoms. The summed E-state index contributed by atoms with van der Waals surface area (Å²) in [6.07, 6.45) is -0.0655. The van der Waals surface area contributed by atoms with E-state index >= 15 is 0 Å². The molecule has 0 radical (unpaired) electrons. The molecule has 1 aromatic carbocycles. The first-order chi connectivity index (χ1) is 9.45. The third-order valence-corrected chi connectivity index (χ3v) is 2.59. The fraction of sp³-hybridized carbons (Fsp3) is 0.429. The van der Waals surface area contributed by atoms with E-state index in [-0.39, 0.29) is 37.3 Å². The normalized spacial score (nSPS) is 10.6. The number of benzene rings is 1. The maximum Gasteiger partial charge on any atom is 0.335 e. The first-order valence-corrected chi connectivity index (χ1v) is 6.32. The molecule has 0 fully saturated rings. The van der Waals surface area contributed by atoms with E-state index in [9.17, 15) is 9.59 Å². The summed E-state index contributed by atoms with van der Waals surface area (Å²) in [5.41, 5.74) is 0.671. The van der Waals surface area contributed by atoms with Crippen LogP contribution in [0.5, 0.6) is 0 Å². The Morgan fingerprint density at radius 1 is 1.25 bits per heavy atom. The fourth-order valence-electron chi connectivity index (χ4n) is 1.60. The molecule has 2 N–H and O–H groups in total. The Balaban J connectivity index is 2.84. The van der Waals surface area contributed by atoms with E-state index in [1.54, 1.807) is 0 Å². The Hall–Kier alpha value is -1.92. The number of carboxylic acids is 1. The van der Waals surface area contributed by atoms with Crippen molar-refractivity contribution in [3.63, 3.8) is 0 Å². The van der Waals surface area contributed by atoms with Gasteiger partial charge in [-0.05, 0) is 38.1 Å². The summed E-state index contributed by atoms with van der Waals surface area (Å²) in [4.78, 5) is 24.2. The van der Waals surface area contributed by atoms with Gasteiger partial charge in [-0.1, -0.05) is 0 Å². The molecule has 6 nitrogen and oxygen atoms in total. The number of hydrogen-bond donors (Lipinski definition) is 2. The first-order valence-electron chi connectivity index (χ1n) is 6.32. The van der Waals surface area contributed by atoms with Crippen LogP contribution in [0.2, 0.25) is 0 Å². The number of aliphatic hydroxyl groups is 1. The molecule has 0 aliphatic rings. The Bertz CT molecular complexity index is 455. The van der Waals surface area contributed by atoms with Crippen LogP contribution in [-0.2, 0) is 9.53 Å². The summed E-state index contributed by atoms with van der Waals surface area (Å²) in [6, 6.07) is 5.90. The van der Waals surface area contributed by atoms with Gasteiger partial charge in [0.2, 0.25) is 0 Å². The molecule has 0 bridgehead atoms. The number of carboxylic acid groups (broad SMARTS) is 1. The number of aromatic carboxylic acids is 1. The van der Waals surface area contributed by atoms with Crippen LogP contribution in [0, 0.1) is 0 Å². The van der Waals surface area contributed by atoms with E-state index in [4.69, 9.17) is 14.9 Å². The van der Waals surface area contributed by atoms with Crippen LogP contribution in [0.25, 0.3) is 0 Å². The highest BCUT2D eigenvalue weighted by atomic mass is 16.5. The highest BCUT2D eigenvalue weighted by Crippen LogP contribution is 2.16. The van der Waals surface area contributed by atoms with Crippen molar-refractivity contribution in [2.75, 3.05) is 24.7 Å². The molecular weight excluding hydrogens is 262 g/mol. The maximum absolute atomic E-state index is 12.0. The van der Waals surface area contributed by atoms with Gasteiger partial charge in [-0.2, -0.15) is 0 Å². The minimum atomic E-state index is -1.03. The van der Waals surface area contributed by atoms with Gasteiger partial charge < -0.3 is 19.8 Å². The lowest BCUT2D eigenvalue weighted by molar-refractivity contribution is -0.124. The zero-order valence-electron chi connectivity index (χ0n) is 11.6. The molecule has 0 saturated heterocycles. The topological polar surface area (TPSA) is 87.1 Å². The zero-order valence-corrected chi connectivity index (χ0v) is 11.6. The SMILES string of the molecule is CC(C)OCC(=O)N(CCO)c1ccc(C(=O)O)cc1. The fourth-order valence-corrected chi connectivity index (χ4v) is 1.60. The molecule has 0 unspecified atom stereocenters. The lowest BCUT2D eigenvalue weighted by atomic mass is 10.2. The number of amides is 1. The van der Waals surface area contributed by atoms with Gasteiger partial charge in [-0.25, -0.2) is 4.79 Å². The van der Waals surface area contributed by atoms with Crippen molar-refractivity contribution >= 4 is 17.6 Å². The number of anilines is 1. The van der Waals surface area contributed by atoms with Crippen molar-refractivity contribution in [3.05, 3.63) is 29.8 Å². The van der Waals surface area contributed by atoms with E-state index in [0.717, 1.165) is 0 Å². The second-order valence-electron chi connectivity index (χ2n) is 4.48. The highest BCUT2D eigenvalue weighted by molar-refractivity contribution is 5.95. The summed E-state index contributed by atoms with van der Waals surface area (Å²) in [5.74, 6) is -1.31. The van der Waals surface area contributed by atoms with Gasteiger partial charge in [0.1, 0.15) is 6.61 Å². The summed E-state index contributed by atoms with van der Waals surface area (Å²) in [7, 11) is 0. The molecule has 110 valence electrons. The first kappa shape index (κ1) is 16.1. The third-order valence-electron chi connectivity index (χ3n) is 2.59. The monoisotopic (exact) mass is 281 g/mol. The molecule has 1 aromatic rings. The molecule has 0 spiro atoms. The highest BCUT2D eigenvalue weighted by Gasteiger charge is 2.16. The lowest BCUT2D eigenvalue weighted by Crippen LogP contribution is -2.36. The smallest absolute Gasteiger partial charge is 0.335 e. The van der Waals surface area contributed by atoms with Gasteiger partial charge in [-0.3, -0.25) is 4.79 Å². The van der Waals surface area contributed by atoms with Crippen LogP contribution < -0.4 is 4.90 Å². The van der Waals surface area contributed by atoms with E-state index in [1.807, 2.05) is 13.8 Å². The Kier molecular flexibility index (Phi) is 6.14. The second-order valence-corrected chi connectivity index (χ2v) is 4.48. The number of ether oxygens (including phenoxy) is 1. The summed E-state index contributed by atoms with van der Waals surface area (Å²) < 4.78 is 5.25. The van der Waals surface area contributed by atoms with Gasteiger partial charge >= 0.3 is 5.97 Å². The summed E-state index contributed by atoms with van der Waals surface area (Å²) in [6.45, 7) is 3.51. The lowest BCUT2D eigenvalue weighted by Gasteiger charge is -2.22. The molecule has 0 aliphatic carbocycles. The van der Waals surface area contributed by atoms with Gasteiger partial charge in [0.05, 0.1) is 18.3 Å². The number of aliphatic hydroxyl groups excluding tert-OH is 1. The van der Waals surface area contributed by atoms with Gasteiger partial charge in [0.15, 0.2) is 0 Å². The van der Waals surface area contributed by atoms with E-state index < -0.39 is 5.97 Å². The minimum absolute atomic E-state index is 0.0655. The minimum Gasteiger partial charge on any atom is -0.478 e. The molecule has 0 aliphatic heterocycles. The molecule has 6 heteroatoms. The van der Waals surface area contributed by atoms with E-state index in [1.165, 1.54) is 29.2 Å². The molecule has 0 saturated carbocycles. The molecule has 1 amide bonds. The Labute approximate surface area is 117 Å². The van der Waals surface area contributed by atoms with Crippen LogP contribution in [0.1, 0.15) is 24.2 Å². The van der Waals surface area contributed by atoms with Crippen LogP contribution in [0.15, 0.2) is 24.3 Å². The van der Waals surface area contributed by atoms with Crippen molar-refractivity contribution < 1.29 is 24.5 Å². The summed E-state index contributed by atoms with van der Waals surface area (Å²) >= 11 is 0. The number of carbonyl (C=O) groups is 2. The number of carbonyl (C=O) groups excluding carboxylic acids is 1. The van der Waals surface area contributed by atoms with Crippen LogP contribution in [0.4, 0.5) is 5.69 Å². The van der Waals surface area contributed by atoms with Gasteiger partial charge in [0.25, 0.3) is 5.91 Å². The molecule has 0 atom stereocenters. The third kappa shape index (κ3) is 4.64. The van der Waals surface area contributed by atoms with E-state index in [2.05, 4.69) is 0 Å². The van der Waals surface area contributed by atoms with Crippen molar-refractivity contribution in [1.82, 2.24) is 0 Å². The van der Waals surface area contributed by atoms with E-state index in [0.29, 0.717) is 5.69 Å². The van der Waals surface area contributed by atoms with Crippen LogP contribution in [0.3, 0.4) is 0 Å². The molecule has 0 heterocycles. The van der Waals surface area contributed by atoms with Gasteiger partial charge in [0, 0.05) is 12.2 Å². The number of rotatable bonds is 7.